The van der Waals surface area contributed by atoms with Gasteiger partial charge in [0.05, 0.1) is 19.1 Å². The van der Waals surface area contributed by atoms with Crippen LogP contribution in [0.5, 0.6) is 0 Å². The molecule has 1 saturated heterocycles. The minimum atomic E-state index is -0.0663. The summed E-state index contributed by atoms with van der Waals surface area (Å²) in [5.41, 5.74) is 0. The van der Waals surface area contributed by atoms with Gasteiger partial charge in [0.2, 0.25) is 0 Å². The SMILES string of the molecule is CCOC(=O)C1CCN(C(=NC)NCc2ncc(C)s2)CC1.I. The van der Waals surface area contributed by atoms with E-state index in [2.05, 4.69) is 27.1 Å². The van der Waals surface area contributed by atoms with Gasteiger partial charge in [0.25, 0.3) is 0 Å². The van der Waals surface area contributed by atoms with Crippen molar-refractivity contribution in [2.45, 2.75) is 33.2 Å². The highest BCUT2D eigenvalue weighted by molar-refractivity contribution is 14.0. The van der Waals surface area contributed by atoms with Crippen LogP contribution >= 0.6 is 35.3 Å². The number of esters is 1. The number of carbonyl (C=O) groups is 1. The number of aromatic nitrogens is 1. The zero-order valence-corrected chi connectivity index (χ0v) is 17.0. The van der Waals surface area contributed by atoms with E-state index >= 15 is 0 Å². The van der Waals surface area contributed by atoms with Crippen LogP contribution in [-0.4, -0.2) is 48.6 Å². The number of rotatable bonds is 4. The molecule has 130 valence electrons. The molecule has 0 bridgehead atoms. The lowest BCUT2D eigenvalue weighted by Crippen LogP contribution is -2.46. The fraction of sp³-hybridized carbons (Fsp3) is 0.667. The quantitative estimate of drug-likeness (QED) is 0.329. The maximum absolute atomic E-state index is 11.8. The van der Waals surface area contributed by atoms with Gasteiger partial charge in [-0.2, -0.15) is 0 Å². The molecule has 1 aromatic rings. The van der Waals surface area contributed by atoms with E-state index in [-0.39, 0.29) is 35.9 Å². The molecule has 0 spiro atoms. The summed E-state index contributed by atoms with van der Waals surface area (Å²) in [4.78, 5) is 23.8. The molecule has 0 radical (unpaired) electrons. The van der Waals surface area contributed by atoms with Gasteiger partial charge in [-0.15, -0.1) is 35.3 Å². The molecule has 1 aliphatic heterocycles. The van der Waals surface area contributed by atoms with Gasteiger partial charge in [0.15, 0.2) is 5.96 Å². The highest BCUT2D eigenvalue weighted by atomic mass is 127. The first-order valence-corrected chi connectivity index (χ1v) is 8.49. The second kappa shape index (κ2) is 10.1. The van der Waals surface area contributed by atoms with Crippen molar-refractivity contribution >= 4 is 47.2 Å². The molecular weight excluding hydrogens is 427 g/mol. The minimum absolute atomic E-state index is 0. The number of hydrogen-bond donors (Lipinski definition) is 1. The number of nitrogens with zero attached hydrogens (tertiary/aromatic N) is 3. The van der Waals surface area contributed by atoms with Gasteiger partial charge in [-0.1, -0.05) is 0 Å². The molecule has 0 aromatic carbocycles. The van der Waals surface area contributed by atoms with Crippen LogP contribution in [0.2, 0.25) is 0 Å². The van der Waals surface area contributed by atoms with Crippen molar-refractivity contribution in [1.82, 2.24) is 15.2 Å². The zero-order chi connectivity index (χ0) is 15.9. The zero-order valence-electron chi connectivity index (χ0n) is 13.9. The summed E-state index contributed by atoms with van der Waals surface area (Å²) in [5.74, 6) is 0.828. The highest BCUT2D eigenvalue weighted by Crippen LogP contribution is 2.19. The van der Waals surface area contributed by atoms with Crippen LogP contribution in [0.15, 0.2) is 11.2 Å². The molecular formula is C15H25IN4O2S. The first kappa shape index (κ1) is 20.1. The number of nitrogens with one attached hydrogen (secondary N) is 1. The molecule has 23 heavy (non-hydrogen) atoms. The van der Waals surface area contributed by atoms with Crippen molar-refractivity contribution < 1.29 is 9.53 Å². The van der Waals surface area contributed by atoms with Crippen LogP contribution in [0.25, 0.3) is 0 Å². The van der Waals surface area contributed by atoms with Gasteiger partial charge >= 0.3 is 5.97 Å². The third-order valence-corrected chi connectivity index (χ3v) is 4.61. The third-order valence-electron chi connectivity index (χ3n) is 3.69. The Morgan fingerprint density at radius 3 is 2.74 bits per heavy atom. The summed E-state index contributed by atoms with van der Waals surface area (Å²) >= 11 is 1.69. The fourth-order valence-electron chi connectivity index (χ4n) is 2.56. The lowest BCUT2D eigenvalue weighted by atomic mass is 9.97. The van der Waals surface area contributed by atoms with Gasteiger partial charge in [0.1, 0.15) is 5.01 Å². The van der Waals surface area contributed by atoms with Crippen molar-refractivity contribution in [1.29, 1.82) is 0 Å². The Morgan fingerprint density at radius 2 is 2.22 bits per heavy atom. The summed E-state index contributed by atoms with van der Waals surface area (Å²) in [6.45, 7) is 6.67. The Bertz CT molecular complexity index is 527. The van der Waals surface area contributed by atoms with Crippen molar-refractivity contribution in [3.63, 3.8) is 0 Å². The van der Waals surface area contributed by atoms with E-state index in [1.54, 1.807) is 18.4 Å². The molecule has 8 heteroatoms. The van der Waals surface area contributed by atoms with Gasteiger partial charge in [-0.3, -0.25) is 9.79 Å². The topological polar surface area (TPSA) is 66.8 Å². The van der Waals surface area contributed by atoms with Gasteiger partial charge < -0.3 is 15.0 Å². The number of likely N-dealkylation sites (tertiary alicyclic amines) is 1. The average Bonchev–Trinajstić information content (AvgIpc) is 2.94. The average molecular weight is 452 g/mol. The lowest BCUT2D eigenvalue weighted by molar-refractivity contribution is -0.149. The molecule has 0 atom stereocenters. The number of aryl methyl sites for hydroxylation is 1. The summed E-state index contributed by atoms with van der Waals surface area (Å²) in [6.07, 6.45) is 3.51. The van der Waals surface area contributed by atoms with Crippen molar-refractivity contribution in [2.24, 2.45) is 10.9 Å². The van der Waals surface area contributed by atoms with Crippen LogP contribution in [0.4, 0.5) is 0 Å². The van der Waals surface area contributed by atoms with E-state index in [0.29, 0.717) is 13.2 Å². The van der Waals surface area contributed by atoms with Crippen LogP contribution in [0.1, 0.15) is 29.7 Å². The Kier molecular flexibility index (Phi) is 8.82. The smallest absolute Gasteiger partial charge is 0.309 e. The van der Waals surface area contributed by atoms with Crippen LogP contribution in [0.3, 0.4) is 0 Å². The standard InChI is InChI=1S/C15H24N4O2S.HI/c1-4-21-14(20)12-5-7-19(8-6-12)15(16-3)18-10-13-17-9-11(2)22-13;/h9,12H,4-8,10H2,1-3H3,(H,16,18);1H. The summed E-state index contributed by atoms with van der Waals surface area (Å²) in [6, 6.07) is 0. The van der Waals surface area contributed by atoms with E-state index in [4.69, 9.17) is 4.74 Å². The Balaban J connectivity index is 0.00000264. The van der Waals surface area contributed by atoms with Crippen LogP contribution in [0, 0.1) is 12.8 Å². The van der Waals surface area contributed by atoms with E-state index in [9.17, 15) is 4.79 Å². The number of aliphatic imine (C=N–C) groups is 1. The fourth-order valence-corrected chi connectivity index (χ4v) is 3.28. The van der Waals surface area contributed by atoms with Gasteiger partial charge in [0, 0.05) is 31.2 Å². The largest absolute Gasteiger partial charge is 0.466 e. The molecule has 6 nitrogen and oxygen atoms in total. The van der Waals surface area contributed by atoms with E-state index < -0.39 is 0 Å². The first-order chi connectivity index (χ1) is 10.6. The molecule has 0 unspecified atom stereocenters. The van der Waals surface area contributed by atoms with E-state index in [0.717, 1.165) is 36.9 Å². The monoisotopic (exact) mass is 452 g/mol. The third kappa shape index (κ3) is 5.91. The molecule has 1 aromatic heterocycles. The molecule has 0 saturated carbocycles. The number of carbonyl (C=O) groups excluding carboxylic acids is 1. The van der Waals surface area contributed by atoms with Gasteiger partial charge in [-0.05, 0) is 26.7 Å². The van der Waals surface area contributed by atoms with Crippen molar-refractivity contribution in [3.05, 3.63) is 16.1 Å². The molecule has 2 heterocycles. The minimum Gasteiger partial charge on any atom is -0.466 e. The van der Waals surface area contributed by atoms with E-state index in [1.165, 1.54) is 4.88 Å². The Labute approximate surface area is 158 Å². The van der Waals surface area contributed by atoms with Crippen molar-refractivity contribution in [3.8, 4) is 0 Å². The number of thiazole rings is 1. The van der Waals surface area contributed by atoms with Crippen LogP contribution in [-0.2, 0) is 16.1 Å². The predicted octanol–water partition coefficient (Wildman–Crippen LogP) is 2.42. The normalized spacial score (nSPS) is 16.0. The van der Waals surface area contributed by atoms with Crippen LogP contribution < -0.4 is 5.32 Å². The second-order valence-electron chi connectivity index (χ2n) is 5.28. The molecule has 1 N–H and O–H groups in total. The number of ether oxygens (including phenoxy) is 1. The molecule has 1 aliphatic rings. The second-order valence-corrected chi connectivity index (χ2v) is 6.60. The number of guanidine groups is 1. The number of hydrogen-bond acceptors (Lipinski definition) is 5. The maximum Gasteiger partial charge on any atom is 0.309 e. The molecule has 0 aliphatic carbocycles. The molecule has 1 fully saturated rings. The summed E-state index contributed by atoms with van der Waals surface area (Å²) < 4.78 is 5.10. The van der Waals surface area contributed by atoms with E-state index in [1.807, 2.05) is 13.1 Å². The lowest BCUT2D eigenvalue weighted by Gasteiger charge is -2.33. The molecule has 0 amide bonds. The predicted molar refractivity (Wildman–Crippen MR) is 103 cm³/mol. The summed E-state index contributed by atoms with van der Waals surface area (Å²) in [7, 11) is 1.78. The van der Waals surface area contributed by atoms with Crippen molar-refractivity contribution in [2.75, 3.05) is 26.7 Å². The first-order valence-electron chi connectivity index (χ1n) is 7.67. The highest BCUT2D eigenvalue weighted by Gasteiger charge is 2.27. The Hall–Kier alpha value is -0.900. The molecule has 2 rings (SSSR count). The number of halogens is 1. The summed E-state index contributed by atoms with van der Waals surface area (Å²) in [5, 5.41) is 4.40. The maximum atomic E-state index is 11.8. The van der Waals surface area contributed by atoms with Gasteiger partial charge in [-0.25, -0.2) is 4.98 Å². The number of piperidine rings is 1. The Morgan fingerprint density at radius 1 is 1.52 bits per heavy atom.